The number of hydrogen-bond acceptors (Lipinski definition) is 1. The van der Waals surface area contributed by atoms with Gasteiger partial charge in [-0.25, -0.2) is 0 Å². The topological polar surface area (TPSA) is 29.1 Å². The van der Waals surface area contributed by atoms with E-state index in [9.17, 15) is 4.79 Å². The van der Waals surface area contributed by atoms with Crippen LogP contribution in [0.3, 0.4) is 0 Å². The lowest BCUT2D eigenvalue weighted by atomic mass is 9.96. The number of rotatable bonds is 1. The average molecular weight is 127 g/mol. The Labute approximate surface area is 55.6 Å². The number of nitrogens with one attached hydrogen (secondary N) is 1. The lowest BCUT2D eigenvalue weighted by Crippen LogP contribution is -2.35. The standard InChI is InChI=1S/C7H13NO/c1-2-6-4-3-5-8-7(6)9/h6H,2-5H2,1H3,(H,8,9)/t6-/m0/s1. The number of amides is 1. The summed E-state index contributed by atoms with van der Waals surface area (Å²) < 4.78 is 0. The second kappa shape index (κ2) is 2.85. The van der Waals surface area contributed by atoms with Crippen molar-refractivity contribution in [1.29, 1.82) is 0 Å². The fourth-order valence-electron chi connectivity index (χ4n) is 1.23. The highest BCUT2D eigenvalue weighted by Crippen LogP contribution is 2.13. The second-order valence-corrected chi connectivity index (χ2v) is 2.54. The molecule has 2 nitrogen and oxygen atoms in total. The van der Waals surface area contributed by atoms with Gasteiger partial charge in [0.2, 0.25) is 5.91 Å². The van der Waals surface area contributed by atoms with Crippen LogP contribution in [0.1, 0.15) is 26.2 Å². The maximum Gasteiger partial charge on any atom is 0.223 e. The Morgan fingerprint density at radius 3 is 3.00 bits per heavy atom. The van der Waals surface area contributed by atoms with Gasteiger partial charge >= 0.3 is 0 Å². The molecule has 0 saturated carbocycles. The molecule has 1 atom stereocenters. The van der Waals surface area contributed by atoms with Crippen LogP contribution in [0.5, 0.6) is 0 Å². The summed E-state index contributed by atoms with van der Waals surface area (Å²) in [5.74, 6) is 0.558. The first-order valence-electron chi connectivity index (χ1n) is 3.62. The fourth-order valence-corrected chi connectivity index (χ4v) is 1.23. The van der Waals surface area contributed by atoms with Crippen molar-refractivity contribution in [3.63, 3.8) is 0 Å². The van der Waals surface area contributed by atoms with Crippen molar-refractivity contribution in [2.45, 2.75) is 26.2 Å². The summed E-state index contributed by atoms with van der Waals surface area (Å²) in [5, 5.41) is 2.84. The molecule has 1 amide bonds. The number of carbonyl (C=O) groups is 1. The first-order chi connectivity index (χ1) is 4.34. The average Bonchev–Trinajstić information content (AvgIpc) is 1.89. The van der Waals surface area contributed by atoms with E-state index in [1.807, 2.05) is 0 Å². The molecule has 1 aliphatic rings. The highest BCUT2D eigenvalue weighted by molar-refractivity contribution is 5.79. The Balaban J connectivity index is 2.39. The normalized spacial score (nSPS) is 27.7. The zero-order valence-corrected chi connectivity index (χ0v) is 5.81. The van der Waals surface area contributed by atoms with Crippen molar-refractivity contribution >= 4 is 5.91 Å². The van der Waals surface area contributed by atoms with Crippen LogP contribution in [0.25, 0.3) is 0 Å². The molecule has 0 aromatic carbocycles. The molecule has 0 unspecified atom stereocenters. The van der Waals surface area contributed by atoms with Crippen LogP contribution in [-0.4, -0.2) is 12.5 Å². The smallest absolute Gasteiger partial charge is 0.223 e. The quantitative estimate of drug-likeness (QED) is 0.557. The second-order valence-electron chi connectivity index (χ2n) is 2.54. The van der Waals surface area contributed by atoms with Gasteiger partial charge in [-0.1, -0.05) is 6.92 Å². The molecule has 52 valence electrons. The molecule has 1 saturated heterocycles. The zero-order chi connectivity index (χ0) is 6.69. The van der Waals surface area contributed by atoms with E-state index in [0.29, 0.717) is 5.92 Å². The van der Waals surface area contributed by atoms with Crippen molar-refractivity contribution in [3.8, 4) is 0 Å². The molecule has 0 aromatic rings. The summed E-state index contributed by atoms with van der Waals surface area (Å²) in [6.07, 6.45) is 3.23. The molecule has 0 aromatic heterocycles. The molecule has 1 fully saturated rings. The Bertz CT molecular complexity index is 111. The van der Waals surface area contributed by atoms with Crippen molar-refractivity contribution < 1.29 is 4.79 Å². The molecule has 2 heteroatoms. The van der Waals surface area contributed by atoms with Gasteiger partial charge in [-0.2, -0.15) is 0 Å². The Kier molecular flexibility index (Phi) is 2.09. The van der Waals surface area contributed by atoms with Crippen LogP contribution >= 0.6 is 0 Å². The van der Waals surface area contributed by atoms with Gasteiger partial charge < -0.3 is 5.32 Å². The third-order valence-electron chi connectivity index (χ3n) is 1.89. The van der Waals surface area contributed by atoms with E-state index in [1.54, 1.807) is 0 Å². The minimum atomic E-state index is 0.253. The fraction of sp³-hybridized carbons (Fsp3) is 0.857. The highest BCUT2D eigenvalue weighted by atomic mass is 16.1. The molecular formula is C7H13NO. The van der Waals surface area contributed by atoms with Crippen LogP contribution in [0, 0.1) is 5.92 Å². The van der Waals surface area contributed by atoms with Gasteiger partial charge in [-0.05, 0) is 19.3 Å². The molecule has 1 aliphatic heterocycles. The van der Waals surface area contributed by atoms with Gasteiger partial charge in [0.25, 0.3) is 0 Å². The Morgan fingerprint density at radius 1 is 1.78 bits per heavy atom. The lowest BCUT2D eigenvalue weighted by molar-refractivity contribution is -0.126. The van der Waals surface area contributed by atoms with E-state index in [0.717, 1.165) is 25.8 Å². The Hall–Kier alpha value is -0.530. The van der Waals surface area contributed by atoms with E-state index >= 15 is 0 Å². The summed E-state index contributed by atoms with van der Waals surface area (Å²) in [7, 11) is 0. The molecule has 0 aliphatic carbocycles. The minimum absolute atomic E-state index is 0.253. The number of carbonyl (C=O) groups excluding carboxylic acids is 1. The summed E-state index contributed by atoms with van der Waals surface area (Å²) in [4.78, 5) is 10.9. The third-order valence-corrected chi connectivity index (χ3v) is 1.89. The molecular weight excluding hydrogens is 114 g/mol. The molecule has 0 bridgehead atoms. The first kappa shape index (κ1) is 6.59. The summed E-state index contributed by atoms with van der Waals surface area (Å²) >= 11 is 0. The zero-order valence-electron chi connectivity index (χ0n) is 5.81. The molecule has 0 spiro atoms. The van der Waals surface area contributed by atoms with Gasteiger partial charge in [0.05, 0.1) is 0 Å². The van der Waals surface area contributed by atoms with Crippen molar-refractivity contribution in [3.05, 3.63) is 0 Å². The largest absolute Gasteiger partial charge is 0.356 e. The van der Waals surface area contributed by atoms with Gasteiger partial charge in [-0.3, -0.25) is 4.79 Å². The third kappa shape index (κ3) is 1.44. The van der Waals surface area contributed by atoms with Gasteiger partial charge in [0.15, 0.2) is 0 Å². The predicted molar refractivity (Wildman–Crippen MR) is 36.0 cm³/mol. The molecule has 9 heavy (non-hydrogen) atoms. The molecule has 1 N–H and O–H groups in total. The first-order valence-corrected chi connectivity index (χ1v) is 3.62. The SMILES string of the molecule is CC[C@H]1CCCNC1=O. The van der Waals surface area contributed by atoms with Crippen molar-refractivity contribution in [1.82, 2.24) is 5.32 Å². The highest BCUT2D eigenvalue weighted by Gasteiger charge is 2.18. The van der Waals surface area contributed by atoms with Crippen LogP contribution in [0.2, 0.25) is 0 Å². The van der Waals surface area contributed by atoms with Crippen LogP contribution in [-0.2, 0) is 4.79 Å². The summed E-state index contributed by atoms with van der Waals surface area (Å²) in [6.45, 7) is 2.95. The maximum absolute atomic E-state index is 10.9. The van der Waals surface area contributed by atoms with E-state index in [2.05, 4.69) is 12.2 Å². The minimum Gasteiger partial charge on any atom is -0.356 e. The monoisotopic (exact) mass is 127 g/mol. The van der Waals surface area contributed by atoms with Crippen LogP contribution in [0.4, 0.5) is 0 Å². The van der Waals surface area contributed by atoms with E-state index in [-0.39, 0.29) is 5.91 Å². The molecule has 0 radical (unpaired) electrons. The van der Waals surface area contributed by atoms with Gasteiger partial charge in [0.1, 0.15) is 0 Å². The number of piperidine rings is 1. The number of hydrogen-bond donors (Lipinski definition) is 1. The molecule has 1 heterocycles. The van der Waals surface area contributed by atoms with E-state index in [4.69, 9.17) is 0 Å². The summed E-state index contributed by atoms with van der Waals surface area (Å²) in [6, 6.07) is 0. The maximum atomic E-state index is 10.9. The van der Waals surface area contributed by atoms with Crippen LogP contribution < -0.4 is 5.32 Å². The van der Waals surface area contributed by atoms with E-state index < -0.39 is 0 Å². The lowest BCUT2D eigenvalue weighted by Gasteiger charge is -2.19. The van der Waals surface area contributed by atoms with Crippen molar-refractivity contribution in [2.75, 3.05) is 6.54 Å². The molecule has 1 rings (SSSR count). The Morgan fingerprint density at radius 2 is 2.56 bits per heavy atom. The van der Waals surface area contributed by atoms with Gasteiger partial charge in [0, 0.05) is 12.5 Å². The van der Waals surface area contributed by atoms with Gasteiger partial charge in [-0.15, -0.1) is 0 Å². The predicted octanol–water partition coefficient (Wildman–Crippen LogP) is 0.923. The van der Waals surface area contributed by atoms with Crippen LogP contribution in [0.15, 0.2) is 0 Å². The van der Waals surface area contributed by atoms with E-state index in [1.165, 1.54) is 0 Å². The summed E-state index contributed by atoms with van der Waals surface area (Å²) in [5.41, 5.74) is 0. The van der Waals surface area contributed by atoms with Crippen molar-refractivity contribution in [2.24, 2.45) is 5.92 Å².